The zero-order valence-electron chi connectivity index (χ0n) is 15.6. The third kappa shape index (κ3) is 5.01. The Morgan fingerprint density at radius 2 is 1.88 bits per heavy atom. The van der Waals surface area contributed by atoms with Gasteiger partial charge in [0.25, 0.3) is 5.91 Å². The van der Waals surface area contributed by atoms with Gasteiger partial charge in [-0.05, 0) is 56.3 Å². The summed E-state index contributed by atoms with van der Waals surface area (Å²) in [6.45, 7) is 6.70. The first-order chi connectivity index (χ1) is 12.6. The van der Waals surface area contributed by atoms with Crippen LogP contribution in [0.5, 0.6) is 0 Å². The molecule has 0 saturated carbocycles. The number of amides is 2. The molecule has 2 aliphatic rings. The molecule has 142 valence electrons. The van der Waals surface area contributed by atoms with Crippen LogP contribution in [0.15, 0.2) is 29.2 Å². The molecule has 0 radical (unpaired) electrons. The predicted octanol–water partition coefficient (Wildman–Crippen LogP) is 2.52. The van der Waals surface area contributed by atoms with Crippen molar-refractivity contribution in [1.82, 2.24) is 15.5 Å². The number of thioether (sulfide) groups is 1. The van der Waals surface area contributed by atoms with Gasteiger partial charge >= 0.3 is 0 Å². The van der Waals surface area contributed by atoms with E-state index in [1.807, 2.05) is 29.2 Å². The lowest BCUT2D eigenvalue weighted by molar-refractivity contribution is -0.127. The summed E-state index contributed by atoms with van der Waals surface area (Å²) < 4.78 is 0. The predicted molar refractivity (Wildman–Crippen MR) is 106 cm³/mol. The molecule has 0 aromatic heterocycles. The topological polar surface area (TPSA) is 61.4 Å². The third-order valence-corrected chi connectivity index (χ3v) is 6.49. The third-order valence-electron chi connectivity index (χ3n) is 5.43. The van der Waals surface area contributed by atoms with Crippen LogP contribution in [0.25, 0.3) is 0 Å². The van der Waals surface area contributed by atoms with Gasteiger partial charge in [0.05, 0.1) is 11.3 Å². The molecule has 6 heteroatoms. The monoisotopic (exact) mass is 375 g/mol. The highest BCUT2D eigenvalue weighted by Crippen LogP contribution is 2.28. The van der Waals surface area contributed by atoms with E-state index in [2.05, 4.69) is 17.6 Å². The van der Waals surface area contributed by atoms with E-state index in [0.717, 1.165) is 56.8 Å². The first-order valence-corrected chi connectivity index (χ1v) is 10.5. The molecule has 2 aliphatic heterocycles. The summed E-state index contributed by atoms with van der Waals surface area (Å²) >= 11 is 1.47. The Morgan fingerprint density at radius 3 is 2.62 bits per heavy atom. The van der Waals surface area contributed by atoms with E-state index in [1.165, 1.54) is 11.8 Å². The molecule has 2 fully saturated rings. The second kappa shape index (κ2) is 8.91. The Morgan fingerprint density at radius 1 is 1.19 bits per heavy atom. The van der Waals surface area contributed by atoms with Gasteiger partial charge in [-0.1, -0.05) is 19.1 Å². The van der Waals surface area contributed by atoms with Crippen LogP contribution in [0.4, 0.5) is 0 Å². The van der Waals surface area contributed by atoms with Crippen molar-refractivity contribution in [3.8, 4) is 0 Å². The number of rotatable bonds is 6. The fourth-order valence-electron chi connectivity index (χ4n) is 3.57. The number of carbonyl (C=O) groups excluding carboxylic acids is 2. The van der Waals surface area contributed by atoms with Gasteiger partial charge in [0.1, 0.15) is 0 Å². The fourth-order valence-corrected chi connectivity index (χ4v) is 4.53. The van der Waals surface area contributed by atoms with Crippen molar-refractivity contribution in [3.05, 3.63) is 29.8 Å². The van der Waals surface area contributed by atoms with Crippen molar-refractivity contribution < 1.29 is 9.59 Å². The largest absolute Gasteiger partial charge is 0.351 e. The average Bonchev–Trinajstić information content (AvgIpc) is 3.20. The highest BCUT2D eigenvalue weighted by molar-refractivity contribution is 8.00. The van der Waals surface area contributed by atoms with Crippen molar-refractivity contribution in [1.29, 1.82) is 0 Å². The molecule has 0 atom stereocenters. The van der Waals surface area contributed by atoms with Crippen molar-refractivity contribution in [2.45, 2.75) is 37.5 Å². The van der Waals surface area contributed by atoms with Crippen molar-refractivity contribution >= 4 is 23.6 Å². The van der Waals surface area contributed by atoms with Gasteiger partial charge < -0.3 is 15.5 Å². The first-order valence-electron chi connectivity index (χ1n) is 9.56. The van der Waals surface area contributed by atoms with Gasteiger partial charge in [-0.2, -0.15) is 0 Å². The minimum Gasteiger partial charge on any atom is -0.351 e. The molecule has 0 unspecified atom stereocenters. The van der Waals surface area contributed by atoms with Gasteiger partial charge in [0.15, 0.2) is 0 Å². The minimum absolute atomic E-state index is 0.0403. The van der Waals surface area contributed by atoms with Gasteiger partial charge in [0.2, 0.25) is 5.91 Å². The molecule has 2 heterocycles. The fraction of sp³-hybridized carbons (Fsp3) is 0.600. The number of nitrogens with zero attached hydrogens (tertiary/aromatic N) is 1. The summed E-state index contributed by atoms with van der Waals surface area (Å²) in [6, 6.07) is 7.59. The Kier molecular flexibility index (Phi) is 6.59. The van der Waals surface area contributed by atoms with E-state index in [0.29, 0.717) is 17.9 Å². The lowest BCUT2D eigenvalue weighted by atomic mass is 9.81. The maximum absolute atomic E-state index is 12.7. The smallest absolute Gasteiger partial charge is 0.252 e. The Labute approximate surface area is 160 Å². The molecule has 5 nitrogen and oxygen atoms in total. The van der Waals surface area contributed by atoms with Crippen LogP contribution in [-0.2, 0) is 4.79 Å². The molecule has 2 N–H and O–H groups in total. The van der Waals surface area contributed by atoms with Crippen LogP contribution < -0.4 is 10.6 Å². The van der Waals surface area contributed by atoms with Crippen molar-refractivity contribution in [2.75, 3.05) is 38.5 Å². The summed E-state index contributed by atoms with van der Waals surface area (Å²) in [4.78, 5) is 27.8. The summed E-state index contributed by atoms with van der Waals surface area (Å²) in [5.74, 6) is 0.527. The molecule has 26 heavy (non-hydrogen) atoms. The highest BCUT2D eigenvalue weighted by Gasteiger charge is 2.27. The standard InChI is InChI=1S/C20H29N3O2S/c1-20(8-10-21-11-9-20)15-22-19(25)16-6-2-3-7-17(16)26-14-18(24)23-12-4-5-13-23/h2-3,6-7,21H,4-5,8-15H2,1H3,(H,22,25). The molecule has 0 bridgehead atoms. The van der Waals surface area contributed by atoms with Gasteiger partial charge in [-0.3, -0.25) is 9.59 Å². The number of carbonyl (C=O) groups is 2. The minimum atomic E-state index is -0.0403. The maximum atomic E-state index is 12.7. The van der Waals surface area contributed by atoms with E-state index in [1.54, 1.807) is 0 Å². The highest BCUT2D eigenvalue weighted by atomic mass is 32.2. The molecular formula is C20H29N3O2S. The summed E-state index contributed by atoms with van der Waals surface area (Å²) in [6.07, 6.45) is 4.36. The average molecular weight is 376 g/mol. The quantitative estimate of drug-likeness (QED) is 0.750. The lowest BCUT2D eigenvalue weighted by Crippen LogP contribution is -2.43. The number of benzene rings is 1. The molecule has 1 aromatic carbocycles. The van der Waals surface area contributed by atoms with Gasteiger partial charge in [-0.25, -0.2) is 0 Å². The molecule has 2 amide bonds. The summed E-state index contributed by atoms with van der Waals surface area (Å²) in [5.41, 5.74) is 0.832. The van der Waals surface area contributed by atoms with Crippen LogP contribution in [-0.4, -0.2) is 55.2 Å². The van der Waals surface area contributed by atoms with Gasteiger partial charge in [0, 0.05) is 24.5 Å². The summed E-state index contributed by atoms with van der Waals surface area (Å²) in [5, 5.41) is 6.48. The second-order valence-electron chi connectivity index (χ2n) is 7.62. The Balaban J connectivity index is 1.57. The summed E-state index contributed by atoms with van der Waals surface area (Å²) in [7, 11) is 0. The number of hydrogen-bond donors (Lipinski definition) is 2. The zero-order valence-corrected chi connectivity index (χ0v) is 16.4. The van der Waals surface area contributed by atoms with E-state index in [4.69, 9.17) is 0 Å². The van der Waals surface area contributed by atoms with Crippen LogP contribution >= 0.6 is 11.8 Å². The number of nitrogens with one attached hydrogen (secondary N) is 2. The Hall–Kier alpha value is -1.53. The van der Waals surface area contributed by atoms with Crippen LogP contribution in [0.3, 0.4) is 0 Å². The van der Waals surface area contributed by atoms with E-state index in [-0.39, 0.29) is 17.2 Å². The maximum Gasteiger partial charge on any atom is 0.252 e. The molecular weight excluding hydrogens is 346 g/mol. The first kappa shape index (κ1) is 19.2. The SMILES string of the molecule is CC1(CNC(=O)c2ccccc2SCC(=O)N2CCCC2)CCNCC1. The zero-order chi connectivity index (χ0) is 18.4. The van der Waals surface area contributed by atoms with Crippen LogP contribution in [0.1, 0.15) is 43.0 Å². The molecule has 1 aromatic rings. The van der Waals surface area contributed by atoms with E-state index in [9.17, 15) is 9.59 Å². The molecule has 0 aliphatic carbocycles. The number of hydrogen-bond acceptors (Lipinski definition) is 4. The Bertz CT molecular complexity index is 638. The van der Waals surface area contributed by atoms with Crippen LogP contribution in [0, 0.1) is 5.41 Å². The van der Waals surface area contributed by atoms with Gasteiger partial charge in [-0.15, -0.1) is 11.8 Å². The second-order valence-corrected chi connectivity index (χ2v) is 8.63. The normalized spacial score (nSPS) is 19.3. The molecule has 3 rings (SSSR count). The van der Waals surface area contributed by atoms with E-state index >= 15 is 0 Å². The van der Waals surface area contributed by atoms with Crippen molar-refractivity contribution in [3.63, 3.8) is 0 Å². The van der Waals surface area contributed by atoms with Crippen LogP contribution in [0.2, 0.25) is 0 Å². The van der Waals surface area contributed by atoms with Crippen molar-refractivity contribution in [2.24, 2.45) is 5.41 Å². The lowest BCUT2D eigenvalue weighted by Gasteiger charge is -2.34. The van der Waals surface area contributed by atoms with E-state index < -0.39 is 0 Å². The number of likely N-dealkylation sites (tertiary alicyclic amines) is 1. The number of piperidine rings is 1. The molecule has 0 spiro atoms. The molecule has 2 saturated heterocycles.